The third-order valence-corrected chi connectivity index (χ3v) is 2.63. The van der Waals surface area contributed by atoms with E-state index in [9.17, 15) is 9.59 Å². The van der Waals surface area contributed by atoms with Gasteiger partial charge in [-0.3, -0.25) is 9.59 Å². The summed E-state index contributed by atoms with van der Waals surface area (Å²) < 4.78 is 0. The third kappa shape index (κ3) is 4.73. The zero-order valence-corrected chi connectivity index (χ0v) is 12.2. The molecular formula is C15H22N2O2. The normalized spacial score (nSPS) is 12.7. The largest absolute Gasteiger partial charge is 0.350 e. The number of hydrogen-bond donors (Lipinski definition) is 2. The molecule has 0 fully saturated rings. The van der Waals surface area contributed by atoms with Crippen LogP contribution in [0.15, 0.2) is 24.3 Å². The molecule has 0 aromatic heterocycles. The van der Waals surface area contributed by atoms with Gasteiger partial charge in [0.15, 0.2) is 0 Å². The summed E-state index contributed by atoms with van der Waals surface area (Å²) in [5, 5.41) is 5.55. The number of carbonyl (C=O) groups excluding carboxylic acids is 2. The predicted molar refractivity (Wildman–Crippen MR) is 76.0 cm³/mol. The highest BCUT2D eigenvalue weighted by Gasteiger charge is 2.21. The van der Waals surface area contributed by atoms with Gasteiger partial charge < -0.3 is 10.6 Å². The first-order valence-corrected chi connectivity index (χ1v) is 6.39. The van der Waals surface area contributed by atoms with Crippen LogP contribution in [0.25, 0.3) is 0 Å². The average Bonchev–Trinajstić information content (AvgIpc) is 2.27. The van der Waals surface area contributed by atoms with Crippen molar-refractivity contribution in [1.29, 1.82) is 0 Å². The summed E-state index contributed by atoms with van der Waals surface area (Å²) in [4.78, 5) is 23.9. The maximum Gasteiger partial charge on any atom is 0.252 e. The topological polar surface area (TPSA) is 58.2 Å². The number of hydrogen-bond acceptors (Lipinski definition) is 2. The lowest BCUT2D eigenvalue weighted by Gasteiger charge is -2.23. The summed E-state index contributed by atoms with van der Waals surface area (Å²) in [5.41, 5.74) is 1.18. The molecule has 0 saturated heterocycles. The molecular weight excluding hydrogens is 240 g/mol. The fourth-order valence-electron chi connectivity index (χ4n) is 1.65. The van der Waals surface area contributed by atoms with Gasteiger partial charge >= 0.3 is 0 Å². The maximum atomic E-state index is 12.1. The van der Waals surface area contributed by atoms with Crippen LogP contribution in [0.5, 0.6) is 0 Å². The van der Waals surface area contributed by atoms with E-state index in [1.807, 2.05) is 45.9 Å². The molecule has 0 bridgehead atoms. The molecule has 1 aromatic carbocycles. The van der Waals surface area contributed by atoms with E-state index in [-0.39, 0.29) is 17.4 Å². The maximum absolute atomic E-state index is 12.1. The van der Waals surface area contributed by atoms with Gasteiger partial charge in [0, 0.05) is 11.1 Å². The third-order valence-electron chi connectivity index (χ3n) is 2.63. The van der Waals surface area contributed by atoms with Gasteiger partial charge in [-0.25, -0.2) is 0 Å². The molecule has 104 valence electrons. The van der Waals surface area contributed by atoms with Crippen LogP contribution in [-0.2, 0) is 4.79 Å². The molecule has 0 spiro atoms. The van der Waals surface area contributed by atoms with Gasteiger partial charge in [-0.1, -0.05) is 18.2 Å². The zero-order chi connectivity index (χ0) is 14.6. The summed E-state index contributed by atoms with van der Waals surface area (Å²) in [6.07, 6.45) is 0. The van der Waals surface area contributed by atoms with Crippen molar-refractivity contribution in [2.45, 2.75) is 46.2 Å². The Balaban J connectivity index is 2.67. The number of benzene rings is 1. The molecule has 0 saturated carbocycles. The van der Waals surface area contributed by atoms with Crippen molar-refractivity contribution in [3.8, 4) is 0 Å². The molecule has 0 aliphatic heterocycles. The number of aryl methyl sites for hydroxylation is 1. The SMILES string of the molecule is Cc1ccccc1C(=O)NC(C)C(=O)NC(C)(C)C. The first-order valence-electron chi connectivity index (χ1n) is 6.39. The van der Waals surface area contributed by atoms with Crippen LogP contribution in [-0.4, -0.2) is 23.4 Å². The van der Waals surface area contributed by atoms with Gasteiger partial charge in [-0.2, -0.15) is 0 Å². The van der Waals surface area contributed by atoms with Crippen LogP contribution in [0, 0.1) is 6.92 Å². The Hall–Kier alpha value is -1.84. The monoisotopic (exact) mass is 262 g/mol. The van der Waals surface area contributed by atoms with E-state index >= 15 is 0 Å². The molecule has 1 unspecified atom stereocenters. The first kappa shape index (κ1) is 15.2. The minimum atomic E-state index is -0.564. The van der Waals surface area contributed by atoms with Crippen molar-refractivity contribution in [2.24, 2.45) is 0 Å². The minimum absolute atomic E-state index is 0.186. The molecule has 19 heavy (non-hydrogen) atoms. The molecule has 1 atom stereocenters. The predicted octanol–water partition coefficient (Wildman–Crippen LogP) is 2.03. The van der Waals surface area contributed by atoms with Gasteiger partial charge in [0.2, 0.25) is 5.91 Å². The fraction of sp³-hybridized carbons (Fsp3) is 0.467. The van der Waals surface area contributed by atoms with Gasteiger partial charge in [-0.15, -0.1) is 0 Å². The van der Waals surface area contributed by atoms with E-state index in [0.717, 1.165) is 5.56 Å². The van der Waals surface area contributed by atoms with Crippen LogP contribution < -0.4 is 10.6 Å². The van der Waals surface area contributed by atoms with Crippen molar-refractivity contribution in [3.05, 3.63) is 35.4 Å². The number of amides is 2. The van der Waals surface area contributed by atoms with Gasteiger partial charge in [0.25, 0.3) is 5.91 Å². The summed E-state index contributed by atoms with van der Waals surface area (Å²) in [5.74, 6) is -0.413. The van der Waals surface area contributed by atoms with Crippen LogP contribution in [0.1, 0.15) is 43.6 Å². The molecule has 2 N–H and O–H groups in total. The molecule has 4 nitrogen and oxygen atoms in total. The second-order valence-corrected chi connectivity index (χ2v) is 5.75. The molecule has 0 radical (unpaired) electrons. The van der Waals surface area contributed by atoms with Gasteiger partial charge in [-0.05, 0) is 46.2 Å². The van der Waals surface area contributed by atoms with Crippen LogP contribution in [0.3, 0.4) is 0 Å². The average molecular weight is 262 g/mol. The zero-order valence-electron chi connectivity index (χ0n) is 12.2. The standard InChI is InChI=1S/C15H22N2O2/c1-10-8-6-7-9-12(10)14(19)16-11(2)13(18)17-15(3,4)5/h6-9,11H,1-5H3,(H,16,19)(H,17,18). The summed E-state index contributed by atoms with van der Waals surface area (Å²) >= 11 is 0. The van der Waals surface area contributed by atoms with E-state index in [0.29, 0.717) is 5.56 Å². The fourth-order valence-corrected chi connectivity index (χ4v) is 1.65. The van der Waals surface area contributed by atoms with Crippen molar-refractivity contribution < 1.29 is 9.59 Å². The van der Waals surface area contributed by atoms with Crippen LogP contribution in [0.4, 0.5) is 0 Å². The summed E-state index contributed by atoms with van der Waals surface area (Å²) in [6.45, 7) is 9.26. The first-order chi connectivity index (χ1) is 8.70. The smallest absolute Gasteiger partial charge is 0.252 e. The second kappa shape index (κ2) is 5.87. The van der Waals surface area contributed by atoms with E-state index in [1.165, 1.54) is 0 Å². The number of rotatable bonds is 3. The highest BCUT2D eigenvalue weighted by atomic mass is 16.2. The Morgan fingerprint density at radius 2 is 1.74 bits per heavy atom. The van der Waals surface area contributed by atoms with Crippen molar-refractivity contribution in [1.82, 2.24) is 10.6 Å². The van der Waals surface area contributed by atoms with Crippen molar-refractivity contribution >= 4 is 11.8 Å². The number of carbonyl (C=O) groups is 2. The quantitative estimate of drug-likeness (QED) is 0.875. The van der Waals surface area contributed by atoms with Gasteiger partial charge in [0.1, 0.15) is 6.04 Å². The Bertz CT molecular complexity index is 475. The molecule has 1 rings (SSSR count). The molecule has 1 aromatic rings. The number of nitrogens with one attached hydrogen (secondary N) is 2. The highest BCUT2D eigenvalue weighted by Crippen LogP contribution is 2.07. The van der Waals surface area contributed by atoms with E-state index in [2.05, 4.69) is 10.6 Å². The minimum Gasteiger partial charge on any atom is -0.350 e. The van der Waals surface area contributed by atoms with E-state index in [1.54, 1.807) is 13.0 Å². The second-order valence-electron chi connectivity index (χ2n) is 5.75. The Kier molecular flexibility index (Phi) is 4.70. The Morgan fingerprint density at radius 1 is 1.16 bits per heavy atom. The summed E-state index contributed by atoms with van der Waals surface area (Å²) in [6, 6.07) is 6.74. The van der Waals surface area contributed by atoms with Gasteiger partial charge in [0.05, 0.1) is 0 Å². The molecule has 0 aliphatic rings. The van der Waals surface area contributed by atoms with E-state index in [4.69, 9.17) is 0 Å². The molecule has 4 heteroatoms. The van der Waals surface area contributed by atoms with Crippen molar-refractivity contribution in [2.75, 3.05) is 0 Å². The summed E-state index contributed by atoms with van der Waals surface area (Å²) in [7, 11) is 0. The Labute approximate surface area is 114 Å². The van der Waals surface area contributed by atoms with Crippen LogP contribution >= 0.6 is 0 Å². The molecule has 0 aliphatic carbocycles. The Morgan fingerprint density at radius 3 is 2.26 bits per heavy atom. The lowest BCUT2D eigenvalue weighted by atomic mass is 10.1. The molecule has 2 amide bonds. The lowest BCUT2D eigenvalue weighted by molar-refractivity contribution is -0.124. The molecule has 0 heterocycles. The lowest BCUT2D eigenvalue weighted by Crippen LogP contribution is -2.50. The van der Waals surface area contributed by atoms with Crippen LogP contribution in [0.2, 0.25) is 0 Å². The van der Waals surface area contributed by atoms with E-state index < -0.39 is 6.04 Å². The van der Waals surface area contributed by atoms with Crippen molar-refractivity contribution in [3.63, 3.8) is 0 Å². The highest BCUT2D eigenvalue weighted by molar-refractivity contribution is 5.98.